The fourth-order valence-corrected chi connectivity index (χ4v) is 4.74. The summed E-state index contributed by atoms with van der Waals surface area (Å²) in [5, 5.41) is 2.90. The molecule has 0 saturated carbocycles. The summed E-state index contributed by atoms with van der Waals surface area (Å²) in [6, 6.07) is 9.61. The topological polar surface area (TPSA) is 75.7 Å². The third-order valence-electron chi connectivity index (χ3n) is 6.19. The van der Waals surface area contributed by atoms with E-state index in [1.54, 1.807) is 17.9 Å². The number of nitrogens with zero attached hydrogens (tertiary/aromatic N) is 1. The fraction of sp³-hybridized carbons (Fsp3) is 0.480. The summed E-state index contributed by atoms with van der Waals surface area (Å²) in [6.07, 6.45) is 7.72. The minimum atomic E-state index is -1.11. The third-order valence-corrected chi connectivity index (χ3v) is 6.19. The lowest BCUT2D eigenvalue weighted by atomic mass is 9.69. The molecule has 2 atom stereocenters. The summed E-state index contributed by atoms with van der Waals surface area (Å²) in [5.74, 6) is -1.61. The van der Waals surface area contributed by atoms with Crippen LogP contribution in [0, 0.1) is 11.3 Å². The molecule has 0 bridgehead atoms. The molecular formula is C25H32N2O4. The van der Waals surface area contributed by atoms with Crippen molar-refractivity contribution in [1.29, 1.82) is 0 Å². The van der Waals surface area contributed by atoms with E-state index < -0.39 is 17.3 Å². The predicted octanol–water partition coefficient (Wildman–Crippen LogP) is 3.73. The molecule has 0 spiro atoms. The normalized spacial score (nSPS) is 24.9. The van der Waals surface area contributed by atoms with E-state index in [1.165, 1.54) is 0 Å². The standard InChI is InChI=1S/C25H32N2O4/c1-3-16-27-21-14-10-5-6-11-15-25(21,24(30)31-4-2)20(23(27)29)17-22(28)26-18-19-12-8-7-9-13-19/h3,7-9,12-14,20H,1,4-6,10-11,15-18H2,2H3,(H,26,28)/b21-14+/t20-,25-/m0/s1. The van der Waals surface area contributed by atoms with Gasteiger partial charge in [-0.3, -0.25) is 14.4 Å². The van der Waals surface area contributed by atoms with Crippen molar-refractivity contribution in [3.63, 3.8) is 0 Å². The Kier molecular flexibility index (Phi) is 7.66. The highest BCUT2D eigenvalue weighted by Crippen LogP contribution is 2.52. The van der Waals surface area contributed by atoms with Crippen molar-refractivity contribution < 1.29 is 19.1 Å². The van der Waals surface area contributed by atoms with Crippen LogP contribution in [0.25, 0.3) is 0 Å². The van der Waals surface area contributed by atoms with Crippen LogP contribution in [-0.4, -0.2) is 35.8 Å². The quantitative estimate of drug-likeness (QED) is 0.510. The average molecular weight is 425 g/mol. The van der Waals surface area contributed by atoms with Gasteiger partial charge >= 0.3 is 5.97 Å². The van der Waals surface area contributed by atoms with Gasteiger partial charge in [0.15, 0.2) is 0 Å². The number of allylic oxidation sites excluding steroid dienone is 1. The first-order chi connectivity index (χ1) is 15.0. The Labute approximate surface area is 184 Å². The Morgan fingerprint density at radius 1 is 1.26 bits per heavy atom. The van der Waals surface area contributed by atoms with Gasteiger partial charge in [-0.2, -0.15) is 0 Å². The Hall–Kier alpha value is -2.89. The molecule has 1 fully saturated rings. The van der Waals surface area contributed by atoms with Gasteiger partial charge in [-0.15, -0.1) is 6.58 Å². The second-order valence-corrected chi connectivity index (χ2v) is 8.14. The molecule has 0 unspecified atom stereocenters. The number of esters is 1. The molecule has 1 aliphatic carbocycles. The zero-order chi connectivity index (χ0) is 22.3. The van der Waals surface area contributed by atoms with Crippen LogP contribution in [0.2, 0.25) is 0 Å². The number of amides is 2. The number of rotatable bonds is 8. The molecule has 2 aliphatic rings. The van der Waals surface area contributed by atoms with E-state index in [4.69, 9.17) is 4.74 Å². The van der Waals surface area contributed by atoms with Crippen molar-refractivity contribution in [2.24, 2.45) is 11.3 Å². The number of hydrogen-bond acceptors (Lipinski definition) is 4. The molecule has 0 radical (unpaired) electrons. The molecule has 1 aromatic carbocycles. The lowest BCUT2D eigenvalue weighted by Crippen LogP contribution is -2.42. The first-order valence-electron chi connectivity index (χ1n) is 11.1. The maximum atomic E-state index is 13.5. The number of carbonyl (C=O) groups is 3. The zero-order valence-electron chi connectivity index (χ0n) is 18.3. The second-order valence-electron chi connectivity index (χ2n) is 8.14. The van der Waals surface area contributed by atoms with E-state index in [0.717, 1.165) is 31.2 Å². The van der Waals surface area contributed by atoms with Gasteiger partial charge in [0.25, 0.3) is 0 Å². The molecule has 6 nitrogen and oxygen atoms in total. The van der Waals surface area contributed by atoms with Crippen LogP contribution in [-0.2, 0) is 25.7 Å². The van der Waals surface area contributed by atoms with Gasteiger partial charge in [-0.1, -0.05) is 55.3 Å². The highest BCUT2D eigenvalue weighted by atomic mass is 16.5. The van der Waals surface area contributed by atoms with Crippen molar-refractivity contribution in [2.75, 3.05) is 13.2 Å². The first-order valence-corrected chi connectivity index (χ1v) is 11.1. The number of ether oxygens (including phenoxy) is 1. The van der Waals surface area contributed by atoms with Crippen LogP contribution in [0.5, 0.6) is 0 Å². The molecule has 1 saturated heterocycles. The SMILES string of the molecule is C=CCN1C(=O)[C@H](CC(=O)NCc2ccccc2)[C@@]2(C(=O)OCC)CCCCC/C=C/12. The molecule has 1 aliphatic heterocycles. The van der Waals surface area contributed by atoms with Gasteiger partial charge in [0.05, 0.1) is 12.5 Å². The summed E-state index contributed by atoms with van der Waals surface area (Å²) < 4.78 is 5.48. The predicted molar refractivity (Wildman–Crippen MR) is 119 cm³/mol. The molecule has 1 aromatic rings. The van der Waals surface area contributed by atoms with E-state index in [1.807, 2.05) is 36.4 Å². The Morgan fingerprint density at radius 3 is 2.74 bits per heavy atom. The van der Waals surface area contributed by atoms with Crippen molar-refractivity contribution in [3.05, 3.63) is 60.3 Å². The summed E-state index contributed by atoms with van der Waals surface area (Å²) in [7, 11) is 0. The van der Waals surface area contributed by atoms with E-state index in [-0.39, 0.29) is 24.8 Å². The largest absolute Gasteiger partial charge is 0.465 e. The number of likely N-dealkylation sites (tertiary alicyclic amines) is 1. The number of nitrogens with one attached hydrogen (secondary N) is 1. The van der Waals surface area contributed by atoms with Crippen molar-refractivity contribution in [2.45, 2.75) is 52.0 Å². The van der Waals surface area contributed by atoms with Gasteiger partial charge in [-0.25, -0.2) is 0 Å². The third kappa shape index (κ3) is 4.73. The Balaban J connectivity index is 1.91. The molecule has 3 rings (SSSR count). The number of fused-ring (bicyclic) bond motifs is 1. The molecular weight excluding hydrogens is 392 g/mol. The molecule has 1 heterocycles. The van der Waals surface area contributed by atoms with Crippen LogP contribution in [0.4, 0.5) is 0 Å². The molecule has 0 aromatic heterocycles. The number of carbonyl (C=O) groups excluding carboxylic acids is 3. The lowest BCUT2D eigenvalue weighted by Gasteiger charge is -2.34. The summed E-state index contributed by atoms with van der Waals surface area (Å²) >= 11 is 0. The van der Waals surface area contributed by atoms with Gasteiger partial charge < -0.3 is 15.0 Å². The first kappa shape index (κ1) is 22.8. The van der Waals surface area contributed by atoms with E-state index in [2.05, 4.69) is 11.9 Å². The van der Waals surface area contributed by atoms with Crippen LogP contribution in [0.1, 0.15) is 51.0 Å². The zero-order valence-corrected chi connectivity index (χ0v) is 18.3. The van der Waals surface area contributed by atoms with Crippen molar-refractivity contribution in [3.8, 4) is 0 Å². The van der Waals surface area contributed by atoms with Crippen LogP contribution in [0.3, 0.4) is 0 Å². The molecule has 6 heteroatoms. The lowest BCUT2D eigenvalue weighted by molar-refractivity contribution is -0.158. The molecule has 1 N–H and O–H groups in total. The maximum Gasteiger partial charge on any atom is 0.318 e. The van der Waals surface area contributed by atoms with E-state index in [9.17, 15) is 14.4 Å². The summed E-state index contributed by atoms with van der Waals surface area (Å²) in [5.41, 5.74) is 0.561. The van der Waals surface area contributed by atoms with Crippen LogP contribution < -0.4 is 5.32 Å². The van der Waals surface area contributed by atoms with Crippen molar-refractivity contribution in [1.82, 2.24) is 10.2 Å². The average Bonchev–Trinajstić information content (AvgIpc) is 2.96. The minimum absolute atomic E-state index is 0.0462. The fourth-order valence-electron chi connectivity index (χ4n) is 4.74. The van der Waals surface area contributed by atoms with Crippen LogP contribution >= 0.6 is 0 Å². The second kappa shape index (κ2) is 10.4. The summed E-state index contributed by atoms with van der Waals surface area (Å²) in [4.78, 5) is 41.3. The molecule has 166 valence electrons. The molecule has 31 heavy (non-hydrogen) atoms. The van der Waals surface area contributed by atoms with Gasteiger partial charge in [0, 0.05) is 25.2 Å². The van der Waals surface area contributed by atoms with E-state index in [0.29, 0.717) is 25.2 Å². The Morgan fingerprint density at radius 2 is 2.03 bits per heavy atom. The van der Waals surface area contributed by atoms with E-state index >= 15 is 0 Å². The monoisotopic (exact) mass is 424 g/mol. The molecule has 2 amide bonds. The highest BCUT2D eigenvalue weighted by Gasteiger charge is 2.61. The van der Waals surface area contributed by atoms with Crippen molar-refractivity contribution >= 4 is 17.8 Å². The number of benzene rings is 1. The smallest absolute Gasteiger partial charge is 0.318 e. The van der Waals surface area contributed by atoms with Gasteiger partial charge in [-0.05, 0) is 31.7 Å². The highest BCUT2D eigenvalue weighted by molar-refractivity contribution is 5.98. The maximum absolute atomic E-state index is 13.5. The summed E-state index contributed by atoms with van der Waals surface area (Å²) in [6.45, 7) is 6.47. The minimum Gasteiger partial charge on any atom is -0.465 e. The Bertz CT molecular complexity index is 848. The van der Waals surface area contributed by atoms with Gasteiger partial charge in [0.2, 0.25) is 11.8 Å². The van der Waals surface area contributed by atoms with Gasteiger partial charge in [0.1, 0.15) is 5.41 Å². The number of hydrogen-bond donors (Lipinski definition) is 1. The van der Waals surface area contributed by atoms with Crippen LogP contribution in [0.15, 0.2) is 54.8 Å².